The maximum Gasteiger partial charge on any atom is 0.323 e. The highest BCUT2D eigenvalue weighted by Crippen LogP contribution is 2.29. The molecule has 4 rings (SSSR count). The van der Waals surface area contributed by atoms with Gasteiger partial charge in [0.05, 0.1) is 10.2 Å². The van der Waals surface area contributed by atoms with Crippen molar-refractivity contribution in [1.82, 2.24) is 19.2 Å². The lowest BCUT2D eigenvalue weighted by Crippen LogP contribution is -2.51. The zero-order valence-corrected chi connectivity index (χ0v) is 17.8. The van der Waals surface area contributed by atoms with Crippen molar-refractivity contribution in [1.29, 1.82) is 0 Å². The van der Waals surface area contributed by atoms with Gasteiger partial charge in [0.15, 0.2) is 5.13 Å². The molecule has 1 aliphatic heterocycles. The van der Waals surface area contributed by atoms with Gasteiger partial charge < -0.3 is 4.90 Å². The van der Waals surface area contributed by atoms with Crippen LogP contribution in [0.4, 0.5) is 9.93 Å². The van der Waals surface area contributed by atoms with Crippen LogP contribution >= 0.6 is 11.3 Å². The Hall–Kier alpha value is -2.56. The predicted molar refractivity (Wildman–Crippen MR) is 113 cm³/mol. The van der Waals surface area contributed by atoms with Crippen molar-refractivity contribution < 1.29 is 13.2 Å². The minimum absolute atomic E-state index is 0.165. The van der Waals surface area contributed by atoms with Gasteiger partial charge in [0.2, 0.25) is 10.0 Å². The number of hydrogen-bond acceptors (Lipinski definition) is 6. The monoisotopic (exact) mass is 431 g/mol. The van der Waals surface area contributed by atoms with Crippen LogP contribution in [0, 0.1) is 13.8 Å². The quantitative estimate of drug-likeness (QED) is 0.688. The fourth-order valence-electron chi connectivity index (χ4n) is 3.37. The molecule has 2 aromatic heterocycles. The Bertz CT molecular complexity index is 1150. The summed E-state index contributed by atoms with van der Waals surface area (Å²) in [4.78, 5) is 22.8. The molecule has 152 valence electrons. The summed E-state index contributed by atoms with van der Waals surface area (Å²) in [7, 11) is -3.59. The summed E-state index contributed by atoms with van der Waals surface area (Å²) in [6.45, 7) is 5.14. The van der Waals surface area contributed by atoms with Crippen molar-refractivity contribution in [3.05, 3.63) is 47.8 Å². The molecular weight excluding hydrogens is 410 g/mol. The third-order valence-corrected chi connectivity index (χ3v) is 7.64. The molecular formula is C19H21N5O3S2. The second-order valence-electron chi connectivity index (χ2n) is 6.96. The Kier molecular flexibility index (Phi) is 5.24. The highest BCUT2D eigenvalue weighted by atomic mass is 32.2. The lowest BCUT2D eigenvalue weighted by atomic mass is 10.1. The predicted octanol–water partition coefficient (Wildman–Crippen LogP) is 2.85. The van der Waals surface area contributed by atoms with Crippen LogP contribution in [0.15, 0.2) is 41.6 Å². The van der Waals surface area contributed by atoms with Gasteiger partial charge in [-0.3, -0.25) is 10.3 Å². The molecule has 1 aromatic carbocycles. The molecule has 29 heavy (non-hydrogen) atoms. The summed E-state index contributed by atoms with van der Waals surface area (Å²) in [5, 5.41) is 3.39. The fraction of sp³-hybridized carbons (Fsp3) is 0.316. The maximum absolute atomic E-state index is 12.7. The number of hydrogen-bond donors (Lipinski definition) is 1. The Morgan fingerprint density at radius 1 is 1.17 bits per heavy atom. The second kappa shape index (κ2) is 7.69. The van der Waals surface area contributed by atoms with Gasteiger partial charge in [0, 0.05) is 38.6 Å². The first-order valence-corrected chi connectivity index (χ1v) is 11.4. The number of carbonyl (C=O) groups is 1. The number of carbonyl (C=O) groups excluding carboxylic acids is 1. The molecule has 1 N–H and O–H groups in total. The van der Waals surface area contributed by atoms with Gasteiger partial charge in [-0.05, 0) is 43.2 Å². The van der Waals surface area contributed by atoms with Crippen LogP contribution in [0.2, 0.25) is 0 Å². The van der Waals surface area contributed by atoms with Crippen molar-refractivity contribution in [3.63, 3.8) is 0 Å². The highest BCUT2D eigenvalue weighted by molar-refractivity contribution is 7.89. The van der Waals surface area contributed by atoms with Crippen LogP contribution in [0.3, 0.4) is 0 Å². The Morgan fingerprint density at radius 3 is 2.62 bits per heavy atom. The summed E-state index contributed by atoms with van der Waals surface area (Å²) < 4.78 is 27.8. The number of urea groups is 1. The average molecular weight is 432 g/mol. The molecule has 3 heterocycles. The molecule has 0 atom stereocenters. The SMILES string of the molecule is Cc1cc(C)c2nc(NC(=O)N3CCN(S(=O)(=O)c4cccnc4)CC3)sc2c1. The number of benzene rings is 1. The van der Waals surface area contributed by atoms with E-state index in [-0.39, 0.29) is 24.0 Å². The number of fused-ring (bicyclic) bond motifs is 1. The molecule has 0 spiro atoms. The molecule has 3 aromatic rings. The topological polar surface area (TPSA) is 95.5 Å². The lowest BCUT2D eigenvalue weighted by molar-refractivity contribution is 0.184. The van der Waals surface area contributed by atoms with Crippen LogP contribution in [0.1, 0.15) is 11.1 Å². The van der Waals surface area contributed by atoms with E-state index in [0.29, 0.717) is 18.2 Å². The molecule has 0 unspecified atom stereocenters. The van der Waals surface area contributed by atoms with Crippen molar-refractivity contribution in [2.45, 2.75) is 18.7 Å². The summed E-state index contributed by atoms with van der Waals surface area (Å²) in [6.07, 6.45) is 2.87. The maximum atomic E-state index is 12.7. The lowest BCUT2D eigenvalue weighted by Gasteiger charge is -2.33. The minimum Gasteiger partial charge on any atom is -0.322 e. The van der Waals surface area contributed by atoms with E-state index in [1.807, 2.05) is 13.8 Å². The van der Waals surface area contributed by atoms with E-state index >= 15 is 0 Å². The number of amides is 2. The third-order valence-electron chi connectivity index (χ3n) is 4.84. The van der Waals surface area contributed by atoms with Gasteiger partial charge in [-0.15, -0.1) is 0 Å². The number of aromatic nitrogens is 2. The zero-order valence-electron chi connectivity index (χ0n) is 16.1. The van der Waals surface area contributed by atoms with Gasteiger partial charge in [-0.1, -0.05) is 17.4 Å². The first kappa shape index (κ1) is 19.7. The molecule has 8 nitrogen and oxygen atoms in total. The molecule has 1 aliphatic rings. The van der Waals surface area contributed by atoms with Gasteiger partial charge in [-0.25, -0.2) is 18.2 Å². The van der Waals surface area contributed by atoms with Gasteiger partial charge in [0.25, 0.3) is 0 Å². The smallest absolute Gasteiger partial charge is 0.322 e. The number of nitrogens with one attached hydrogen (secondary N) is 1. The summed E-state index contributed by atoms with van der Waals surface area (Å²) >= 11 is 1.44. The number of nitrogens with zero attached hydrogens (tertiary/aromatic N) is 4. The van der Waals surface area contributed by atoms with E-state index in [1.165, 1.54) is 34.1 Å². The molecule has 10 heteroatoms. The number of thiazole rings is 1. The first-order valence-electron chi connectivity index (χ1n) is 9.18. The zero-order chi connectivity index (χ0) is 20.6. The first-order chi connectivity index (χ1) is 13.8. The average Bonchev–Trinajstić information content (AvgIpc) is 3.11. The van der Waals surface area contributed by atoms with E-state index in [4.69, 9.17) is 0 Å². The van der Waals surface area contributed by atoms with Gasteiger partial charge >= 0.3 is 6.03 Å². The molecule has 1 fully saturated rings. The van der Waals surface area contributed by atoms with Crippen molar-refractivity contribution in [2.24, 2.45) is 0 Å². The number of pyridine rings is 1. The minimum atomic E-state index is -3.59. The standard InChI is InChI=1S/C19H21N5O3S2/c1-13-10-14(2)17-16(11-13)28-18(21-17)22-19(25)23-6-8-24(9-7-23)29(26,27)15-4-3-5-20-12-15/h3-5,10-12H,6-9H2,1-2H3,(H,21,22,25). The molecule has 0 radical (unpaired) electrons. The number of aryl methyl sites for hydroxylation is 2. The fourth-order valence-corrected chi connectivity index (χ4v) is 5.79. The van der Waals surface area contributed by atoms with Crippen LogP contribution in [0.5, 0.6) is 0 Å². The van der Waals surface area contributed by atoms with Crippen molar-refractivity contribution in [2.75, 3.05) is 31.5 Å². The normalized spacial score (nSPS) is 15.6. The summed E-state index contributed by atoms with van der Waals surface area (Å²) in [5.74, 6) is 0. The van der Waals surface area contributed by atoms with Crippen LogP contribution in [-0.2, 0) is 10.0 Å². The number of anilines is 1. The van der Waals surface area contributed by atoms with E-state index in [0.717, 1.165) is 21.3 Å². The molecule has 0 saturated carbocycles. The molecule has 2 amide bonds. The van der Waals surface area contributed by atoms with Crippen molar-refractivity contribution in [3.8, 4) is 0 Å². The molecule has 0 aliphatic carbocycles. The van der Waals surface area contributed by atoms with E-state index < -0.39 is 10.0 Å². The highest BCUT2D eigenvalue weighted by Gasteiger charge is 2.30. The largest absolute Gasteiger partial charge is 0.323 e. The number of piperazine rings is 1. The van der Waals surface area contributed by atoms with Gasteiger partial charge in [-0.2, -0.15) is 4.31 Å². The van der Waals surface area contributed by atoms with Crippen LogP contribution < -0.4 is 5.32 Å². The molecule has 0 bridgehead atoms. The molecule has 1 saturated heterocycles. The van der Waals surface area contributed by atoms with E-state index in [9.17, 15) is 13.2 Å². The number of sulfonamides is 1. The van der Waals surface area contributed by atoms with E-state index in [2.05, 4.69) is 27.4 Å². The Balaban J connectivity index is 1.41. The Labute approximate surface area is 173 Å². The second-order valence-corrected chi connectivity index (χ2v) is 9.93. The van der Waals surface area contributed by atoms with Gasteiger partial charge in [0.1, 0.15) is 4.90 Å². The third kappa shape index (κ3) is 3.96. The number of rotatable bonds is 3. The Morgan fingerprint density at radius 2 is 1.93 bits per heavy atom. The summed E-state index contributed by atoms with van der Waals surface area (Å²) in [6, 6.07) is 6.97. The van der Waals surface area contributed by atoms with Crippen molar-refractivity contribution >= 4 is 42.7 Å². The van der Waals surface area contributed by atoms with E-state index in [1.54, 1.807) is 11.0 Å². The van der Waals surface area contributed by atoms with Crippen LogP contribution in [-0.4, -0.2) is 59.8 Å². The summed E-state index contributed by atoms with van der Waals surface area (Å²) in [5.41, 5.74) is 3.12. The van der Waals surface area contributed by atoms with Crippen LogP contribution in [0.25, 0.3) is 10.2 Å².